The van der Waals surface area contributed by atoms with E-state index in [1.54, 1.807) is 26.4 Å². The molecule has 0 spiro atoms. The first kappa shape index (κ1) is 17.4. The van der Waals surface area contributed by atoms with E-state index in [4.69, 9.17) is 11.6 Å². The maximum atomic E-state index is 13.1. The van der Waals surface area contributed by atoms with Gasteiger partial charge in [0.15, 0.2) is 0 Å². The molecular formula is C14H21ClN6O2S. The van der Waals surface area contributed by atoms with Crippen LogP contribution in [0.2, 0.25) is 5.15 Å². The molecule has 8 nitrogen and oxygen atoms in total. The highest BCUT2D eigenvalue weighted by molar-refractivity contribution is 7.89. The maximum absolute atomic E-state index is 13.1. The third-order valence-corrected chi connectivity index (χ3v) is 6.95. The molecule has 3 heterocycles. The van der Waals surface area contributed by atoms with Gasteiger partial charge in [-0.15, -0.1) is 0 Å². The Morgan fingerprint density at radius 2 is 2.17 bits per heavy atom. The topological polar surface area (TPSA) is 87.1 Å². The standard InChI is InChI=1S/C14H21ClN6O2S/c1-4-20-7-8-21(9-11(20)14-16-5-6-17-14)24(22,23)12-10(2)18-19(3)13(12)15/h5-6,11H,4,7-9H2,1-3H3,(H,16,17)/t11-/m1/s1. The van der Waals surface area contributed by atoms with Crippen LogP contribution in [0, 0.1) is 6.92 Å². The molecule has 1 saturated heterocycles. The lowest BCUT2D eigenvalue weighted by Gasteiger charge is -2.39. The highest BCUT2D eigenvalue weighted by atomic mass is 35.5. The number of nitrogens with zero attached hydrogens (tertiary/aromatic N) is 5. The summed E-state index contributed by atoms with van der Waals surface area (Å²) in [4.78, 5) is 9.70. The first-order valence-electron chi connectivity index (χ1n) is 7.78. The van der Waals surface area contributed by atoms with Crippen LogP contribution in [0.3, 0.4) is 0 Å². The minimum absolute atomic E-state index is 0.0924. The number of sulfonamides is 1. The van der Waals surface area contributed by atoms with Crippen LogP contribution in [0.15, 0.2) is 17.3 Å². The maximum Gasteiger partial charge on any atom is 0.248 e. The molecule has 0 bridgehead atoms. The second-order valence-corrected chi connectivity index (χ2v) is 8.04. The van der Waals surface area contributed by atoms with E-state index in [-0.39, 0.29) is 16.1 Å². The van der Waals surface area contributed by atoms with Gasteiger partial charge in [0, 0.05) is 39.1 Å². The van der Waals surface area contributed by atoms with Crippen LogP contribution in [-0.4, -0.2) is 63.6 Å². The van der Waals surface area contributed by atoms with E-state index >= 15 is 0 Å². The zero-order valence-electron chi connectivity index (χ0n) is 13.9. The van der Waals surface area contributed by atoms with Crippen LogP contribution in [0.1, 0.15) is 24.5 Å². The Hall–Kier alpha value is -1.42. The number of piperazine rings is 1. The monoisotopic (exact) mass is 372 g/mol. The second kappa shape index (κ2) is 6.47. The van der Waals surface area contributed by atoms with Gasteiger partial charge in [0.25, 0.3) is 0 Å². The molecule has 1 aliphatic rings. The predicted molar refractivity (Wildman–Crippen MR) is 90.3 cm³/mol. The lowest BCUT2D eigenvalue weighted by Crippen LogP contribution is -2.50. The summed E-state index contributed by atoms with van der Waals surface area (Å²) in [6.07, 6.45) is 3.43. The van der Waals surface area contributed by atoms with Gasteiger partial charge >= 0.3 is 0 Å². The summed E-state index contributed by atoms with van der Waals surface area (Å²) in [5.41, 5.74) is 0.412. The molecule has 0 saturated carbocycles. The van der Waals surface area contributed by atoms with E-state index < -0.39 is 10.0 Å². The summed E-state index contributed by atoms with van der Waals surface area (Å²) in [5, 5.41) is 4.26. The van der Waals surface area contributed by atoms with Crippen LogP contribution in [0.25, 0.3) is 0 Å². The fourth-order valence-corrected chi connectivity index (χ4v) is 5.29. The van der Waals surface area contributed by atoms with Crippen molar-refractivity contribution < 1.29 is 8.42 Å². The zero-order valence-corrected chi connectivity index (χ0v) is 15.5. The number of likely N-dealkylation sites (N-methyl/N-ethyl adjacent to an activating group) is 1. The number of rotatable bonds is 4. The van der Waals surface area contributed by atoms with Crippen LogP contribution in [-0.2, 0) is 17.1 Å². The molecule has 2 aromatic rings. The average Bonchev–Trinajstić information content (AvgIpc) is 3.15. The number of hydrogen-bond donors (Lipinski definition) is 1. The Kier molecular flexibility index (Phi) is 4.69. The fourth-order valence-electron chi connectivity index (χ4n) is 3.14. The van der Waals surface area contributed by atoms with Gasteiger partial charge in [0.05, 0.1) is 11.7 Å². The Morgan fingerprint density at radius 1 is 1.42 bits per heavy atom. The van der Waals surface area contributed by atoms with Gasteiger partial charge in [0.2, 0.25) is 10.0 Å². The van der Waals surface area contributed by atoms with Crippen LogP contribution in [0.4, 0.5) is 0 Å². The summed E-state index contributed by atoms with van der Waals surface area (Å²) in [6.45, 7) is 5.92. The second-order valence-electron chi connectivity index (χ2n) is 5.81. The van der Waals surface area contributed by atoms with Gasteiger partial charge in [-0.2, -0.15) is 9.40 Å². The lowest BCUT2D eigenvalue weighted by atomic mass is 10.2. The quantitative estimate of drug-likeness (QED) is 0.870. The molecule has 1 atom stereocenters. The third kappa shape index (κ3) is 2.85. The molecule has 0 unspecified atom stereocenters. The first-order chi connectivity index (χ1) is 11.4. The molecule has 24 heavy (non-hydrogen) atoms. The smallest absolute Gasteiger partial charge is 0.248 e. The summed E-state index contributed by atoms with van der Waals surface area (Å²) >= 11 is 6.18. The normalized spacial score (nSPS) is 20.6. The van der Waals surface area contributed by atoms with Crippen molar-refractivity contribution in [2.45, 2.75) is 24.8 Å². The van der Waals surface area contributed by atoms with Crippen molar-refractivity contribution in [2.75, 3.05) is 26.2 Å². The number of aromatic nitrogens is 4. The van der Waals surface area contributed by atoms with Crippen molar-refractivity contribution in [2.24, 2.45) is 7.05 Å². The van der Waals surface area contributed by atoms with Gasteiger partial charge in [-0.3, -0.25) is 9.58 Å². The summed E-state index contributed by atoms with van der Waals surface area (Å²) in [7, 11) is -2.07. The molecule has 3 rings (SSSR count). The van der Waals surface area contributed by atoms with E-state index in [2.05, 4.69) is 26.9 Å². The molecule has 132 valence electrons. The van der Waals surface area contributed by atoms with Crippen molar-refractivity contribution in [3.05, 3.63) is 29.1 Å². The number of aryl methyl sites for hydroxylation is 2. The molecule has 0 aromatic carbocycles. The number of aromatic amines is 1. The van der Waals surface area contributed by atoms with Crippen LogP contribution in [0.5, 0.6) is 0 Å². The SMILES string of the molecule is CCN1CCN(S(=O)(=O)c2c(C)nn(C)c2Cl)C[C@@H]1c1ncc[nH]1. The van der Waals surface area contributed by atoms with Crippen molar-refractivity contribution in [3.63, 3.8) is 0 Å². The molecular weight excluding hydrogens is 352 g/mol. The van der Waals surface area contributed by atoms with Gasteiger partial charge in [-0.05, 0) is 13.5 Å². The minimum Gasteiger partial charge on any atom is -0.347 e. The third-order valence-electron chi connectivity index (χ3n) is 4.39. The molecule has 10 heteroatoms. The van der Waals surface area contributed by atoms with Gasteiger partial charge in [-0.25, -0.2) is 13.4 Å². The average molecular weight is 373 g/mol. The van der Waals surface area contributed by atoms with Gasteiger partial charge < -0.3 is 4.98 Å². The van der Waals surface area contributed by atoms with Crippen molar-refractivity contribution in [1.29, 1.82) is 0 Å². The Labute approximate surface area is 146 Å². The number of hydrogen-bond acceptors (Lipinski definition) is 5. The van der Waals surface area contributed by atoms with E-state index in [1.165, 1.54) is 8.99 Å². The summed E-state index contributed by atoms with van der Waals surface area (Å²) in [5.74, 6) is 0.769. The Balaban J connectivity index is 1.94. The Morgan fingerprint density at radius 3 is 2.71 bits per heavy atom. The number of halogens is 1. The van der Waals surface area contributed by atoms with Crippen molar-refractivity contribution >= 4 is 21.6 Å². The summed E-state index contributed by atoms with van der Waals surface area (Å²) in [6, 6.07) is -0.107. The number of imidazole rings is 1. The van der Waals surface area contributed by atoms with Gasteiger partial charge in [0.1, 0.15) is 15.9 Å². The Bertz CT molecular complexity index is 817. The van der Waals surface area contributed by atoms with Gasteiger partial charge in [-0.1, -0.05) is 18.5 Å². The summed E-state index contributed by atoms with van der Waals surface area (Å²) < 4.78 is 29.0. The molecule has 0 amide bonds. The molecule has 2 aromatic heterocycles. The van der Waals surface area contributed by atoms with Crippen LogP contribution >= 0.6 is 11.6 Å². The molecule has 0 aliphatic carbocycles. The largest absolute Gasteiger partial charge is 0.347 e. The molecule has 0 radical (unpaired) electrons. The zero-order chi connectivity index (χ0) is 17.5. The number of H-pyrrole nitrogens is 1. The van der Waals surface area contributed by atoms with E-state index in [0.29, 0.717) is 25.3 Å². The lowest BCUT2D eigenvalue weighted by molar-refractivity contribution is 0.119. The van der Waals surface area contributed by atoms with Crippen LogP contribution < -0.4 is 0 Å². The van der Waals surface area contributed by atoms with E-state index in [9.17, 15) is 8.42 Å². The molecule has 1 fully saturated rings. The molecule has 1 N–H and O–H groups in total. The number of nitrogens with one attached hydrogen (secondary N) is 1. The first-order valence-corrected chi connectivity index (χ1v) is 9.60. The molecule has 1 aliphatic heterocycles. The highest BCUT2D eigenvalue weighted by Crippen LogP contribution is 2.31. The van der Waals surface area contributed by atoms with E-state index in [1.807, 2.05) is 0 Å². The van der Waals surface area contributed by atoms with Crippen molar-refractivity contribution in [1.82, 2.24) is 29.0 Å². The van der Waals surface area contributed by atoms with Crippen molar-refractivity contribution in [3.8, 4) is 0 Å². The minimum atomic E-state index is -3.71. The van der Waals surface area contributed by atoms with E-state index in [0.717, 1.165) is 12.4 Å². The fraction of sp³-hybridized carbons (Fsp3) is 0.571. The predicted octanol–water partition coefficient (Wildman–Crippen LogP) is 1.17. The highest BCUT2D eigenvalue weighted by Gasteiger charge is 2.38.